The van der Waals surface area contributed by atoms with Gasteiger partial charge in [0.1, 0.15) is 5.60 Å². The molecule has 1 heterocycles. The van der Waals surface area contributed by atoms with Gasteiger partial charge in [0.25, 0.3) is 0 Å². The minimum absolute atomic E-state index is 0. The molecule has 1 aromatic carbocycles. The van der Waals surface area contributed by atoms with E-state index in [1.54, 1.807) is 7.05 Å². The monoisotopic (exact) mass is 545 g/mol. The predicted molar refractivity (Wildman–Crippen MR) is 138 cm³/mol. The molecule has 7 nitrogen and oxygen atoms in total. The number of amides is 1. The Morgan fingerprint density at radius 1 is 1.26 bits per heavy atom. The lowest BCUT2D eigenvalue weighted by Crippen LogP contribution is -2.44. The van der Waals surface area contributed by atoms with Crippen molar-refractivity contribution >= 4 is 36.0 Å². The van der Waals surface area contributed by atoms with Gasteiger partial charge >= 0.3 is 6.09 Å². The molecule has 1 aliphatic rings. The SMILES string of the molecule is CCN(CC)Cc1cccc(CNC(=NC)N2CCC(NC(=O)OC(C)(C)C)C2)c1.I. The third kappa shape index (κ3) is 9.64. The van der Waals surface area contributed by atoms with Crippen LogP contribution in [0, 0.1) is 0 Å². The molecule has 8 heteroatoms. The van der Waals surface area contributed by atoms with E-state index in [0.29, 0.717) is 0 Å². The summed E-state index contributed by atoms with van der Waals surface area (Å²) in [4.78, 5) is 21.0. The van der Waals surface area contributed by atoms with Gasteiger partial charge in [-0.25, -0.2) is 4.79 Å². The maximum atomic E-state index is 12.0. The van der Waals surface area contributed by atoms with Crippen LogP contribution in [0.3, 0.4) is 0 Å². The van der Waals surface area contributed by atoms with Crippen molar-refractivity contribution in [2.75, 3.05) is 33.2 Å². The van der Waals surface area contributed by atoms with E-state index >= 15 is 0 Å². The number of benzene rings is 1. The van der Waals surface area contributed by atoms with Crippen LogP contribution in [0.5, 0.6) is 0 Å². The van der Waals surface area contributed by atoms with Crippen LogP contribution in [-0.4, -0.2) is 66.7 Å². The van der Waals surface area contributed by atoms with Crippen molar-refractivity contribution < 1.29 is 9.53 Å². The highest BCUT2D eigenvalue weighted by molar-refractivity contribution is 14.0. The second-order valence-corrected chi connectivity index (χ2v) is 8.76. The van der Waals surface area contributed by atoms with Gasteiger partial charge < -0.3 is 20.3 Å². The Labute approximate surface area is 205 Å². The number of carbonyl (C=O) groups excluding carboxylic acids is 1. The van der Waals surface area contributed by atoms with E-state index in [-0.39, 0.29) is 36.1 Å². The summed E-state index contributed by atoms with van der Waals surface area (Å²) < 4.78 is 5.36. The lowest BCUT2D eigenvalue weighted by Gasteiger charge is -2.23. The first-order valence-corrected chi connectivity index (χ1v) is 11.0. The fraction of sp³-hybridized carbons (Fsp3) is 0.652. The van der Waals surface area contributed by atoms with Gasteiger partial charge in [-0.1, -0.05) is 38.1 Å². The Balaban J connectivity index is 0.00000480. The highest BCUT2D eigenvalue weighted by Crippen LogP contribution is 2.13. The van der Waals surface area contributed by atoms with Crippen molar-refractivity contribution in [3.05, 3.63) is 35.4 Å². The molecule has 0 radical (unpaired) electrons. The summed E-state index contributed by atoms with van der Waals surface area (Å²) in [5.41, 5.74) is 2.08. The normalized spacial score (nSPS) is 16.8. The molecule has 1 aromatic rings. The number of ether oxygens (including phenoxy) is 1. The molecule has 1 fully saturated rings. The molecule has 1 amide bonds. The molecule has 1 atom stereocenters. The lowest BCUT2D eigenvalue weighted by atomic mass is 10.1. The lowest BCUT2D eigenvalue weighted by molar-refractivity contribution is 0.0507. The maximum absolute atomic E-state index is 12.0. The van der Waals surface area contributed by atoms with Crippen LogP contribution >= 0.6 is 24.0 Å². The van der Waals surface area contributed by atoms with Crippen molar-refractivity contribution in [3.8, 4) is 0 Å². The van der Waals surface area contributed by atoms with E-state index in [1.807, 2.05) is 20.8 Å². The molecule has 176 valence electrons. The molecule has 0 aliphatic carbocycles. The number of likely N-dealkylation sites (tertiary alicyclic amines) is 1. The van der Waals surface area contributed by atoms with Gasteiger partial charge in [0.05, 0.1) is 6.04 Å². The summed E-state index contributed by atoms with van der Waals surface area (Å²) >= 11 is 0. The van der Waals surface area contributed by atoms with Crippen molar-refractivity contribution in [2.24, 2.45) is 4.99 Å². The highest BCUT2D eigenvalue weighted by atomic mass is 127. The Hall–Kier alpha value is -1.55. The third-order valence-electron chi connectivity index (χ3n) is 5.16. The Morgan fingerprint density at radius 2 is 1.94 bits per heavy atom. The van der Waals surface area contributed by atoms with Crippen molar-refractivity contribution in [3.63, 3.8) is 0 Å². The van der Waals surface area contributed by atoms with Crippen LogP contribution in [0.4, 0.5) is 4.79 Å². The molecule has 0 saturated carbocycles. The van der Waals surface area contributed by atoms with Crippen molar-refractivity contribution in [1.29, 1.82) is 0 Å². The average Bonchev–Trinajstić information content (AvgIpc) is 3.13. The number of guanidine groups is 1. The van der Waals surface area contributed by atoms with Gasteiger partial charge in [0.15, 0.2) is 5.96 Å². The standard InChI is InChI=1S/C23H39N5O2.HI/c1-7-27(8-2)16-19-11-9-10-18(14-19)15-25-21(24-6)28-13-12-20(17-28)26-22(29)30-23(3,4)5;/h9-11,14,20H,7-8,12-13,15-17H2,1-6H3,(H,24,25)(H,26,29);1H. The molecule has 1 aliphatic heterocycles. The zero-order chi connectivity index (χ0) is 22.1. The molecule has 0 spiro atoms. The molecule has 1 saturated heterocycles. The van der Waals surface area contributed by atoms with Crippen LogP contribution in [-0.2, 0) is 17.8 Å². The quantitative estimate of drug-likeness (QED) is 0.310. The van der Waals surface area contributed by atoms with Gasteiger partial charge in [0, 0.05) is 33.2 Å². The van der Waals surface area contributed by atoms with Crippen LogP contribution in [0.25, 0.3) is 0 Å². The van der Waals surface area contributed by atoms with Crippen LogP contribution in [0.2, 0.25) is 0 Å². The van der Waals surface area contributed by atoms with Gasteiger partial charge in [-0.2, -0.15) is 0 Å². The largest absolute Gasteiger partial charge is 0.444 e. The second-order valence-electron chi connectivity index (χ2n) is 8.76. The van der Waals surface area contributed by atoms with Gasteiger partial charge in [-0.15, -0.1) is 24.0 Å². The molecular weight excluding hydrogens is 505 g/mol. The minimum atomic E-state index is -0.486. The smallest absolute Gasteiger partial charge is 0.407 e. The summed E-state index contributed by atoms with van der Waals surface area (Å²) in [5.74, 6) is 0.859. The topological polar surface area (TPSA) is 69.2 Å². The first-order chi connectivity index (χ1) is 14.2. The number of hydrogen-bond acceptors (Lipinski definition) is 4. The van der Waals surface area contributed by atoms with Crippen molar-refractivity contribution in [2.45, 2.75) is 65.8 Å². The fourth-order valence-electron chi connectivity index (χ4n) is 3.60. The zero-order valence-corrected chi connectivity index (χ0v) is 22.2. The first-order valence-electron chi connectivity index (χ1n) is 11.0. The van der Waals surface area contributed by atoms with E-state index < -0.39 is 5.60 Å². The van der Waals surface area contributed by atoms with E-state index in [0.717, 1.165) is 51.6 Å². The highest BCUT2D eigenvalue weighted by Gasteiger charge is 2.27. The van der Waals surface area contributed by atoms with E-state index in [9.17, 15) is 4.79 Å². The molecule has 0 aromatic heterocycles. The van der Waals surface area contributed by atoms with Gasteiger partial charge in [0.2, 0.25) is 0 Å². The Bertz CT molecular complexity index is 716. The fourth-order valence-corrected chi connectivity index (χ4v) is 3.60. The number of rotatable bonds is 7. The first kappa shape index (κ1) is 27.5. The zero-order valence-electron chi connectivity index (χ0n) is 19.9. The summed E-state index contributed by atoms with van der Waals surface area (Å²) in [5, 5.41) is 6.43. The number of hydrogen-bond donors (Lipinski definition) is 2. The summed E-state index contributed by atoms with van der Waals surface area (Å²) in [6, 6.07) is 8.77. The summed E-state index contributed by atoms with van der Waals surface area (Å²) in [6.45, 7) is 15.4. The molecule has 2 rings (SSSR count). The minimum Gasteiger partial charge on any atom is -0.444 e. The molecule has 31 heavy (non-hydrogen) atoms. The number of carbonyl (C=O) groups is 1. The van der Waals surface area contributed by atoms with E-state index in [4.69, 9.17) is 4.74 Å². The average molecular weight is 546 g/mol. The van der Waals surface area contributed by atoms with Gasteiger partial charge in [-0.3, -0.25) is 9.89 Å². The maximum Gasteiger partial charge on any atom is 0.407 e. The van der Waals surface area contributed by atoms with Crippen LogP contribution < -0.4 is 10.6 Å². The number of alkyl carbamates (subject to hydrolysis) is 1. The van der Waals surface area contributed by atoms with Crippen molar-refractivity contribution in [1.82, 2.24) is 20.4 Å². The van der Waals surface area contributed by atoms with Gasteiger partial charge in [-0.05, 0) is 51.4 Å². The molecule has 2 N–H and O–H groups in total. The Morgan fingerprint density at radius 3 is 2.55 bits per heavy atom. The summed E-state index contributed by atoms with van der Waals surface area (Å²) in [6.07, 6.45) is 0.515. The number of halogens is 1. The molecule has 1 unspecified atom stereocenters. The number of nitrogens with one attached hydrogen (secondary N) is 2. The molecule has 0 bridgehead atoms. The predicted octanol–water partition coefficient (Wildman–Crippen LogP) is 3.82. The van der Waals surface area contributed by atoms with Crippen LogP contribution in [0.1, 0.15) is 52.2 Å². The third-order valence-corrected chi connectivity index (χ3v) is 5.16. The molecular formula is C23H40IN5O2. The van der Waals surface area contributed by atoms with Crippen LogP contribution in [0.15, 0.2) is 29.3 Å². The number of aliphatic imine (C=N–C) groups is 1. The Kier molecular flexibility index (Phi) is 11.6. The van der Waals surface area contributed by atoms with E-state index in [2.05, 4.69) is 63.5 Å². The summed E-state index contributed by atoms with van der Waals surface area (Å²) in [7, 11) is 1.80. The van der Waals surface area contributed by atoms with E-state index in [1.165, 1.54) is 11.1 Å². The number of nitrogens with zero attached hydrogens (tertiary/aromatic N) is 3. The second kappa shape index (κ2) is 13.1.